The van der Waals surface area contributed by atoms with Gasteiger partial charge in [-0.05, 0) is 38.6 Å². The van der Waals surface area contributed by atoms with Crippen molar-refractivity contribution in [2.45, 2.75) is 26.4 Å². The van der Waals surface area contributed by atoms with E-state index in [9.17, 15) is 0 Å². The van der Waals surface area contributed by atoms with Crippen molar-refractivity contribution >= 4 is 29.2 Å². The Labute approximate surface area is 168 Å². The molecule has 26 heavy (non-hydrogen) atoms. The molecule has 0 aromatic heterocycles. The topological polar surface area (TPSA) is 34.1 Å². The summed E-state index contributed by atoms with van der Waals surface area (Å²) in [4.78, 5) is 11.9. The SMILES string of the molecule is CCNC(=NCC(C)N1CCN(C)CC1)N(C)Cc1ccc(Cl)c(Cl)c1. The maximum atomic E-state index is 6.13. The minimum atomic E-state index is 0.440. The van der Waals surface area contributed by atoms with E-state index in [1.165, 1.54) is 0 Å². The van der Waals surface area contributed by atoms with Gasteiger partial charge in [-0.2, -0.15) is 0 Å². The Morgan fingerprint density at radius 3 is 2.54 bits per heavy atom. The third kappa shape index (κ3) is 6.31. The van der Waals surface area contributed by atoms with Crippen LogP contribution in [0.2, 0.25) is 10.0 Å². The number of piperazine rings is 1. The van der Waals surface area contributed by atoms with Gasteiger partial charge in [-0.25, -0.2) is 0 Å². The number of nitrogens with one attached hydrogen (secondary N) is 1. The van der Waals surface area contributed by atoms with Crippen LogP contribution in [-0.2, 0) is 6.54 Å². The van der Waals surface area contributed by atoms with Crippen molar-refractivity contribution in [2.24, 2.45) is 4.99 Å². The van der Waals surface area contributed by atoms with Crippen molar-refractivity contribution in [2.75, 3.05) is 53.4 Å². The van der Waals surface area contributed by atoms with E-state index in [1.54, 1.807) is 0 Å². The first-order valence-corrected chi connectivity index (χ1v) is 10.0. The highest BCUT2D eigenvalue weighted by Crippen LogP contribution is 2.23. The van der Waals surface area contributed by atoms with Crippen LogP contribution in [0.1, 0.15) is 19.4 Å². The maximum absolute atomic E-state index is 6.13. The molecule has 1 aliphatic heterocycles. The Bertz CT molecular complexity index is 600. The van der Waals surface area contributed by atoms with E-state index in [0.717, 1.165) is 57.3 Å². The van der Waals surface area contributed by atoms with Crippen molar-refractivity contribution in [3.63, 3.8) is 0 Å². The molecule has 1 unspecified atom stereocenters. The summed E-state index contributed by atoms with van der Waals surface area (Å²) in [5.41, 5.74) is 1.11. The molecule has 146 valence electrons. The average Bonchev–Trinajstić information content (AvgIpc) is 2.62. The highest BCUT2D eigenvalue weighted by atomic mass is 35.5. The van der Waals surface area contributed by atoms with Gasteiger partial charge in [-0.15, -0.1) is 0 Å². The van der Waals surface area contributed by atoms with Gasteiger partial charge in [-0.1, -0.05) is 29.3 Å². The zero-order valence-corrected chi connectivity index (χ0v) is 17.8. The highest BCUT2D eigenvalue weighted by Gasteiger charge is 2.19. The fourth-order valence-corrected chi connectivity index (χ4v) is 3.37. The molecule has 7 heteroatoms. The van der Waals surface area contributed by atoms with Gasteiger partial charge in [-0.3, -0.25) is 9.89 Å². The molecule has 1 atom stereocenters. The minimum absolute atomic E-state index is 0.440. The molecule has 1 fully saturated rings. The minimum Gasteiger partial charge on any atom is -0.357 e. The van der Waals surface area contributed by atoms with E-state index in [2.05, 4.69) is 40.9 Å². The Hall–Kier alpha value is -1.01. The second kappa shape index (κ2) is 10.4. The molecule has 1 aromatic rings. The van der Waals surface area contributed by atoms with Crippen LogP contribution in [-0.4, -0.2) is 80.1 Å². The standard InChI is InChI=1S/C19H31Cl2N5/c1-5-22-19(23-13-15(2)26-10-8-24(3)9-11-26)25(4)14-16-6-7-17(20)18(21)12-16/h6-7,12,15H,5,8-11,13-14H2,1-4H3,(H,22,23). The van der Waals surface area contributed by atoms with Gasteiger partial charge in [0.25, 0.3) is 0 Å². The number of halogens is 2. The van der Waals surface area contributed by atoms with E-state index in [0.29, 0.717) is 16.1 Å². The van der Waals surface area contributed by atoms with Crippen molar-refractivity contribution < 1.29 is 0 Å². The summed E-state index contributed by atoms with van der Waals surface area (Å²) in [5, 5.41) is 4.55. The molecule has 1 N–H and O–H groups in total. The van der Waals surface area contributed by atoms with Gasteiger partial charge < -0.3 is 15.1 Å². The largest absolute Gasteiger partial charge is 0.357 e. The summed E-state index contributed by atoms with van der Waals surface area (Å²) in [6.45, 7) is 11.2. The van der Waals surface area contributed by atoms with Crippen LogP contribution in [0.15, 0.2) is 23.2 Å². The molecule has 5 nitrogen and oxygen atoms in total. The Kier molecular flexibility index (Phi) is 8.48. The normalized spacial score (nSPS) is 18.0. The summed E-state index contributed by atoms with van der Waals surface area (Å²) < 4.78 is 0. The maximum Gasteiger partial charge on any atom is 0.194 e. The van der Waals surface area contributed by atoms with Gasteiger partial charge in [0.05, 0.1) is 16.6 Å². The van der Waals surface area contributed by atoms with Crippen molar-refractivity contribution in [1.82, 2.24) is 20.0 Å². The smallest absolute Gasteiger partial charge is 0.194 e. The summed E-state index contributed by atoms with van der Waals surface area (Å²) in [6.07, 6.45) is 0. The monoisotopic (exact) mass is 399 g/mol. The van der Waals surface area contributed by atoms with E-state index in [1.807, 2.05) is 25.2 Å². The number of nitrogens with zero attached hydrogens (tertiary/aromatic N) is 4. The van der Waals surface area contributed by atoms with E-state index in [-0.39, 0.29) is 0 Å². The van der Waals surface area contributed by atoms with Gasteiger partial charge in [0.15, 0.2) is 5.96 Å². The lowest BCUT2D eigenvalue weighted by molar-refractivity contribution is 0.122. The van der Waals surface area contributed by atoms with E-state index in [4.69, 9.17) is 28.2 Å². The van der Waals surface area contributed by atoms with Crippen molar-refractivity contribution in [3.05, 3.63) is 33.8 Å². The van der Waals surface area contributed by atoms with Gasteiger partial charge in [0.2, 0.25) is 0 Å². The van der Waals surface area contributed by atoms with Gasteiger partial charge in [0.1, 0.15) is 0 Å². The lowest BCUT2D eigenvalue weighted by Gasteiger charge is -2.36. The number of aliphatic imine (C=N–C) groups is 1. The molecule has 2 rings (SSSR count). The fourth-order valence-electron chi connectivity index (χ4n) is 3.05. The Morgan fingerprint density at radius 2 is 1.92 bits per heavy atom. The second-order valence-corrected chi connectivity index (χ2v) is 7.80. The zero-order chi connectivity index (χ0) is 19.1. The van der Waals surface area contributed by atoms with Gasteiger partial charge >= 0.3 is 0 Å². The first kappa shape index (κ1) is 21.3. The van der Waals surface area contributed by atoms with Crippen LogP contribution in [0.3, 0.4) is 0 Å². The number of benzene rings is 1. The molecule has 0 bridgehead atoms. The number of rotatable bonds is 6. The number of likely N-dealkylation sites (N-methyl/N-ethyl adjacent to an activating group) is 1. The quantitative estimate of drug-likeness (QED) is 0.588. The predicted octanol–water partition coefficient (Wildman–Crippen LogP) is 3.03. The molecule has 1 aromatic carbocycles. The lowest BCUT2D eigenvalue weighted by Crippen LogP contribution is -2.49. The molecule has 0 spiro atoms. The molecule has 1 heterocycles. The van der Waals surface area contributed by atoms with Crippen LogP contribution in [0.5, 0.6) is 0 Å². The van der Waals surface area contributed by atoms with Crippen LogP contribution < -0.4 is 5.32 Å². The van der Waals surface area contributed by atoms with Crippen molar-refractivity contribution in [1.29, 1.82) is 0 Å². The fraction of sp³-hybridized carbons (Fsp3) is 0.632. The molecule has 0 aliphatic carbocycles. The first-order chi connectivity index (χ1) is 12.4. The van der Waals surface area contributed by atoms with E-state index >= 15 is 0 Å². The molecular weight excluding hydrogens is 369 g/mol. The molecule has 0 saturated carbocycles. The number of guanidine groups is 1. The third-order valence-corrected chi connectivity index (χ3v) is 5.51. The molecule has 0 radical (unpaired) electrons. The predicted molar refractivity (Wildman–Crippen MR) is 112 cm³/mol. The average molecular weight is 400 g/mol. The van der Waals surface area contributed by atoms with Crippen LogP contribution in [0, 0.1) is 0 Å². The molecular formula is C19H31Cl2N5. The first-order valence-electron chi connectivity index (χ1n) is 9.26. The summed E-state index contributed by atoms with van der Waals surface area (Å²) >= 11 is 12.1. The zero-order valence-electron chi connectivity index (χ0n) is 16.3. The van der Waals surface area contributed by atoms with Crippen molar-refractivity contribution in [3.8, 4) is 0 Å². The molecule has 1 aliphatic rings. The van der Waals surface area contributed by atoms with Gasteiger partial charge in [0, 0.05) is 52.4 Å². The lowest BCUT2D eigenvalue weighted by atomic mass is 10.2. The number of hydrogen-bond donors (Lipinski definition) is 1. The summed E-state index contributed by atoms with van der Waals surface area (Å²) in [7, 11) is 4.23. The molecule has 0 amide bonds. The summed E-state index contributed by atoms with van der Waals surface area (Å²) in [5.74, 6) is 0.916. The van der Waals surface area contributed by atoms with Crippen LogP contribution in [0.4, 0.5) is 0 Å². The van der Waals surface area contributed by atoms with Crippen LogP contribution >= 0.6 is 23.2 Å². The second-order valence-electron chi connectivity index (χ2n) is 6.99. The van der Waals surface area contributed by atoms with E-state index < -0.39 is 0 Å². The molecule has 1 saturated heterocycles. The number of hydrogen-bond acceptors (Lipinski definition) is 3. The Balaban J connectivity index is 1.96. The summed E-state index contributed by atoms with van der Waals surface area (Å²) in [6, 6.07) is 6.19. The third-order valence-electron chi connectivity index (χ3n) is 4.77. The highest BCUT2D eigenvalue weighted by molar-refractivity contribution is 6.42. The Morgan fingerprint density at radius 1 is 1.23 bits per heavy atom. The van der Waals surface area contributed by atoms with Crippen LogP contribution in [0.25, 0.3) is 0 Å².